The average Bonchev–Trinajstić information content (AvgIpc) is 3.02. The largest absolute Gasteiger partial charge is 0.497 e. The summed E-state index contributed by atoms with van der Waals surface area (Å²) in [5.74, 6) is 0.500. The van der Waals surface area contributed by atoms with Crippen LogP contribution in [0.15, 0.2) is 48.5 Å². The Morgan fingerprint density at radius 3 is 2.43 bits per heavy atom. The van der Waals surface area contributed by atoms with Gasteiger partial charge in [-0.1, -0.05) is 12.1 Å². The lowest BCUT2D eigenvalue weighted by molar-refractivity contribution is 0.102. The van der Waals surface area contributed by atoms with Gasteiger partial charge in [0.1, 0.15) is 11.9 Å². The number of nitrogens with one attached hydrogen (secondary N) is 2. The molecule has 2 aromatic rings. The van der Waals surface area contributed by atoms with E-state index in [0.717, 1.165) is 5.56 Å². The number of hydrogen-bond donors (Lipinski definition) is 2. The number of hydrogen-bond acceptors (Lipinski definition) is 4. The fourth-order valence-corrected chi connectivity index (χ4v) is 2.30. The van der Waals surface area contributed by atoms with Gasteiger partial charge in [0.15, 0.2) is 0 Å². The van der Waals surface area contributed by atoms with E-state index in [0.29, 0.717) is 23.5 Å². The van der Waals surface area contributed by atoms with Gasteiger partial charge in [-0.25, -0.2) is 4.79 Å². The van der Waals surface area contributed by atoms with Crippen molar-refractivity contribution in [3.05, 3.63) is 59.7 Å². The number of amides is 2. The molecule has 3 rings (SSSR count). The fraction of sp³-hybridized carbons (Fsp3) is 0.176. The highest BCUT2D eigenvalue weighted by Gasteiger charge is 2.23. The van der Waals surface area contributed by atoms with E-state index in [-0.39, 0.29) is 12.0 Å². The molecule has 1 atom stereocenters. The van der Waals surface area contributed by atoms with Gasteiger partial charge in [-0.2, -0.15) is 0 Å². The second kappa shape index (κ2) is 6.39. The SMILES string of the molecule is COc1ccc(C(=O)Nc2ccc(C3CNC(=O)O3)cc2)cc1. The summed E-state index contributed by atoms with van der Waals surface area (Å²) in [6.45, 7) is 0.455. The molecular formula is C17H16N2O4. The van der Waals surface area contributed by atoms with Crippen molar-refractivity contribution in [1.82, 2.24) is 5.32 Å². The fourth-order valence-electron chi connectivity index (χ4n) is 2.30. The Labute approximate surface area is 133 Å². The normalized spacial score (nSPS) is 16.4. The highest BCUT2D eigenvalue weighted by molar-refractivity contribution is 6.04. The molecule has 23 heavy (non-hydrogen) atoms. The van der Waals surface area contributed by atoms with E-state index in [1.807, 2.05) is 12.1 Å². The van der Waals surface area contributed by atoms with Crippen LogP contribution in [0, 0.1) is 0 Å². The third kappa shape index (κ3) is 3.42. The standard InChI is InChI=1S/C17H16N2O4/c1-22-14-8-4-12(5-9-14)16(20)19-13-6-2-11(3-7-13)15-10-18-17(21)23-15/h2-9,15H,10H2,1H3,(H,18,21)(H,19,20). The smallest absolute Gasteiger partial charge is 0.407 e. The third-order valence-corrected chi connectivity index (χ3v) is 3.57. The van der Waals surface area contributed by atoms with Crippen LogP contribution >= 0.6 is 0 Å². The zero-order chi connectivity index (χ0) is 16.2. The molecule has 2 amide bonds. The number of carbonyl (C=O) groups excluding carboxylic acids is 2. The maximum Gasteiger partial charge on any atom is 0.407 e. The summed E-state index contributed by atoms with van der Waals surface area (Å²) in [5.41, 5.74) is 2.10. The quantitative estimate of drug-likeness (QED) is 0.910. The van der Waals surface area contributed by atoms with Gasteiger partial charge < -0.3 is 20.1 Å². The molecule has 0 radical (unpaired) electrons. The molecule has 6 heteroatoms. The van der Waals surface area contributed by atoms with E-state index in [1.165, 1.54) is 0 Å². The van der Waals surface area contributed by atoms with Crippen LogP contribution < -0.4 is 15.4 Å². The first kappa shape index (κ1) is 14.9. The Kier molecular flexibility index (Phi) is 4.14. The summed E-state index contributed by atoms with van der Waals surface area (Å²) < 4.78 is 10.2. The first-order valence-corrected chi connectivity index (χ1v) is 7.15. The number of cyclic esters (lactones) is 1. The van der Waals surface area contributed by atoms with Crippen molar-refractivity contribution < 1.29 is 19.1 Å². The number of rotatable bonds is 4. The van der Waals surface area contributed by atoms with Crippen molar-refractivity contribution in [3.63, 3.8) is 0 Å². The van der Waals surface area contributed by atoms with Crippen molar-refractivity contribution in [3.8, 4) is 5.75 Å². The molecule has 1 unspecified atom stereocenters. The van der Waals surface area contributed by atoms with Crippen LogP contribution in [0.5, 0.6) is 5.75 Å². The molecule has 0 spiro atoms. The van der Waals surface area contributed by atoms with E-state index >= 15 is 0 Å². The van der Waals surface area contributed by atoms with Crippen molar-refractivity contribution in [2.75, 3.05) is 19.0 Å². The lowest BCUT2D eigenvalue weighted by atomic mass is 10.1. The molecule has 2 aromatic carbocycles. The first-order valence-electron chi connectivity index (χ1n) is 7.15. The second-order valence-electron chi connectivity index (χ2n) is 5.08. The number of alkyl carbamates (subject to hydrolysis) is 1. The summed E-state index contributed by atoms with van der Waals surface area (Å²) in [6, 6.07) is 14.1. The van der Waals surface area contributed by atoms with Crippen molar-refractivity contribution >= 4 is 17.7 Å². The Morgan fingerprint density at radius 2 is 1.87 bits per heavy atom. The minimum Gasteiger partial charge on any atom is -0.497 e. The number of ether oxygens (including phenoxy) is 2. The molecule has 1 aliphatic rings. The number of carbonyl (C=O) groups is 2. The predicted molar refractivity (Wildman–Crippen MR) is 84.6 cm³/mol. The van der Waals surface area contributed by atoms with Crippen LogP contribution in [0.4, 0.5) is 10.5 Å². The van der Waals surface area contributed by atoms with Gasteiger partial charge in [-0.3, -0.25) is 4.79 Å². The van der Waals surface area contributed by atoms with Crippen molar-refractivity contribution in [2.24, 2.45) is 0 Å². The zero-order valence-corrected chi connectivity index (χ0v) is 12.5. The molecule has 1 heterocycles. The van der Waals surface area contributed by atoms with Crippen LogP contribution in [0.2, 0.25) is 0 Å². The van der Waals surface area contributed by atoms with Gasteiger partial charge in [0.2, 0.25) is 0 Å². The summed E-state index contributed by atoms with van der Waals surface area (Å²) in [7, 11) is 1.58. The molecule has 0 aromatic heterocycles. The summed E-state index contributed by atoms with van der Waals surface area (Å²) in [5, 5.41) is 5.42. The maximum absolute atomic E-state index is 12.2. The van der Waals surface area contributed by atoms with Gasteiger partial charge in [0.25, 0.3) is 5.91 Å². The van der Waals surface area contributed by atoms with Gasteiger partial charge in [-0.05, 0) is 42.0 Å². The average molecular weight is 312 g/mol. The topological polar surface area (TPSA) is 76.7 Å². The minimum absolute atomic E-state index is 0.200. The Morgan fingerprint density at radius 1 is 1.17 bits per heavy atom. The lowest BCUT2D eigenvalue weighted by Crippen LogP contribution is -2.12. The monoisotopic (exact) mass is 312 g/mol. The molecule has 0 saturated carbocycles. The van der Waals surface area contributed by atoms with Crippen molar-refractivity contribution in [2.45, 2.75) is 6.10 Å². The summed E-state index contributed by atoms with van der Waals surface area (Å²) in [6.07, 6.45) is -0.694. The van der Waals surface area contributed by atoms with E-state index in [9.17, 15) is 9.59 Å². The van der Waals surface area contributed by atoms with Gasteiger partial charge >= 0.3 is 6.09 Å². The van der Waals surface area contributed by atoms with Crippen LogP contribution in [0.3, 0.4) is 0 Å². The lowest BCUT2D eigenvalue weighted by Gasteiger charge is -2.10. The van der Waals surface area contributed by atoms with Gasteiger partial charge in [-0.15, -0.1) is 0 Å². The van der Waals surface area contributed by atoms with Crippen LogP contribution in [-0.4, -0.2) is 25.7 Å². The summed E-state index contributed by atoms with van der Waals surface area (Å²) in [4.78, 5) is 23.2. The highest BCUT2D eigenvalue weighted by atomic mass is 16.6. The molecule has 2 N–H and O–H groups in total. The maximum atomic E-state index is 12.2. The van der Waals surface area contributed by atoms with E-state index in [4.69, 9.17) is 9.47 Å². The number of methoxy groups -OCH3 is 1. The molecular weight excluding hydrogens is 296 g/mol. The number of anilines is 1. The minimum atomic E-state index is -0.410. The Balaban J connectivity index is 1.65. The molecule has 1 saturated heterocycles. The highest BCUT2D eigenvalue weighted by Crippen LogP contribution is 2.22. The first-order chi connectivity index (χ1) is 11.2. The molecule has 1 fully saturated rings. The van der Waals surface area contributed by atoms with Crippen molar-refractivity contribution in [1.29, 1.82) is 0 Å². The third-order valence-electron chi connectivity index (χ3n) is 3.57. The van der Waals surface area contributed by atoms with Crippen LogP contribution in [0.1, 0.15) is 22.0 Å². The molecule has 1 aliphatic heterocycles. The van der Waals surface area contributed by atoms with Gasteiger partial charge in [0.05, 0.1) is 13.7 Å². The van der Waals surface area contributed by atoms with Crippen LogP contribution in [-0.2, 0) is 4.74 Å². The number of benzene rings is 2. The Hall–Kier alpha value is -3.02. The molecule has 118 valence electrons. The Bertz CT molecular complexity index is 710. The van der Waals surface area contributed by atoms with Gasteiger partial charge in [0, 0.05) is 11.3 Å². The summed E-state index contributed by atoms with van der Waals surface area (Å²) >= 11 is 0. The molecule has 0 bridgehead atoms. The predicted octanol–water partition coefficient (Wildman–Crippen LogP) is 2.73. The van der Waals surface area contributed by atoms with Crippen LogP contribution in [0.25, 0.3) is 0 Å². The van der Waals surface area contributed by atoms with E-state index in [1.54, 1.807) is 43.5 Å². The molecule has 6 nitrogen and oxygen atoms in total. The second-order valence-corrected chi connectivity index (χ2v) is 5.08. The zero-order valence-electron chi connectivity index (χ0n) is 12.5. The van der Waals surface area contributed by atoms with E-state index in [2.05, 4.69) is 10.6 Å². The van der Waals surface area contributed by atoms with E-state index < -0.39 is 6.09 Å². The molecule has 0 aliphatic carbocycles.